The van der Waals surface area contributed by atoms with Gasteiger partial charge in [0.05, 0.1) is 0 Å². The number of esters is 1. The Morgan fingerprint density at radius 2 is 1.27 bits per heavy atom. The summed E-state index contributed by atoms with van der Waals surface area (Å²) in [5.41, 5.74) is -0.352. The van der Waals surface area contributed by atoms with Crippen LogP contribution >= 0.6 is 0 Å². The monoisotopic (exact) mass is 381 g/mol. The van der Waals surface area contributed by atoms with E-state index in [9.17, 15) is 31.5 Å². The van der Waals surface area contributed by atoms with E-state index in [1.165, 1.54) is 0 Å². The van der Waals surface area contributed by atoms with Gasteiger partial charge in [-0.05, 0) is 33.6 Å². The molecule has 1 amide bonds. The minimum absolute atomic E-state index is 0.151. The lowest BCUT2D eigenvalue weighted by atomic mass is 10.1. The van der Waals surface area contributed by atoms with Gasteiger partial charge in [-0.15, -0.1) is 0 Å². The molecule has 0 fully saturated rings. The number of hydrogen-bond donors (Lipinski definition) is 1. The Balaban J connectivity index is 2.46. The molecule has 9 heteroatoms. The van der Waals surface area contributed by atoms with E-state index in [1.54, 1.807) is 0 Å². The third-order valence-corrected chi connectivity index (χ3v) is 3.18. The summed E-state index contributed by atoms with van der Waals surface area (Å²) in [7, 11) is 0. The van der Waals surface area contributed by atoms with Crippen molar-refractivity contribution in [2.24, 2.45) is 0 Å². The number of rotatable bonds is 7. The molecule has 0 aromatic heterocycles. The predicted octanol–water partition coefficient (Wildman–Crippen LogP) is 4.15. The highest BCUT2D eigenvalue weighted by molar-refractivity contribution is 5.76. The van der Waals surface area contributed by atoms with Crippen molar-refractivity contribution < 1.29 is 36.3 Å². The Bertz CT molecular complexity index is 657. The van der Waals surface area contributed by atoms with E-state index in [-0.39, 0.29) is 30.7 Å². The molecule has 0 unspecified atom stereocenters. The summed E-state index contributed by atoms with van der Waals surface area (Å²) in [6, 6.07) is 0. The number of halogens is 5. The zero-order chi connectivity index (χ0) is 20.1. The molecule has 0 aliphatic heterocycles. The third-order valence-electron chi connectivity index (χ3n) is 3.18. The van der Waals surface area contributed by atoms with Gasteiger partial charge in [-0.1, -0.05) is 6.42 Å². The second-order valence-electron chi connectivity index (χ2n) is 6.73. The molecule has 0 radical (unpaired) electrons. The lowest BCUT2D eigenvalue weighted by Crippen LogP contribution is -2.40. The maximum Gasteiger partial charge on any atom is 0.311 e. The van der Waals surface area contributed by atoms with Gasteiger partial charge in [0.2, 0.25) is 40.7 Å². The Morgan fingerprint density at radius 3 is 1.77 bits per heavy atom. The lowest BCUT2D eigenvalue weighted by Gasteiger charge is -2.20. The molecule has 26 heavy (non-hydrogen) atoms. The first-order valence-corrected chi connectivity index (χ1v) is 7.97. The molecule has 1 N–H and O–H groups in total. The SMILES string of the molecule is CC(C)(C)NC(=O)CCCCCC(=O)Oc1c(F)c(F)c(F)c(F)c1F. The van der Waals surface area contributed by atoms with E-state index >= 15 is 0 Å². The Morgan fingerprint density at radius 1 is 0.808 bits per heavy atom. The van der Waals surface area contributed by atoms with Crippen LogP contribution < -0.4 is 10.1 Å². The second-order valence-corrected chi connectivity index (χ2v) is 6.73. The predicted molar refractivity (Wildman–Crippen MR) is 82.8 cm³/mol. The van der Waals surface area contributed by atoms with Crippen molar-refractivity contribution in [3.05, 3.63) is 29.1 Å². The first kappa shape index (κ1) is 21.9. The quantitative estimate of drug-likeness (QED) is 0.193. The summed E-state index contributed by atoms with van der Waals surface area (Å²) in [5.74, 6) is -14.0. The summed E-state index contributed by atoms with van der Waals surface area (Å²) >= 11 is 0. The molecule has 4 nitrogen and oxygen atoms in total. The Kier molecular flexibility index (Phi) is 7.53. The minimum atomic E-state index is -2.33. The number of carbonyl (C=O) groups is 2. The van der Waals surface area contributed by atoms with Crippen molar-refractivity contribution >= 4 is 11.9 Å². The van der Waals surface area contributed by atoms with Gasteiger partial charge in [0, 0.05) is 18.4 Å². The van der Waals surface area contributed by atoms with Gasteiger partial charge in [0.1, 0.15) is 0 Å². The van der Waals surface area contributed by atoms with E-state index in [4.69, 9.17) is 0 Å². The molecule has 1 rings (SSSR count). The smallest absolute Gasteiger partial charge is 0.311 e. The van der Waals surface area contributed by atoms with Crippen molar-refractivity contribution in [3.8, 4) is 5.75 Å². The fraction of sp³-hybridized carbons (Fsp3) is 0.529. The van der Waals surface area contributed by atoms with Crippen LogP contribution in [0.2, 0.25) is 0 Å². The topological polar surface area (TPSA) is 55.4 Å². The molecule has 0 aliphatic rings. The van der Waals surface area contributed by atoms with Gasteiger partial charge in [-0.3, -0.25) is 9.59 Å². The molecule has 0 saturated heterocycles. The average molecular weight is 381 g/mol. The molecule has 1 aromatic rings. The largest absolute Gasteiger partial charge is 0.420 e. The molecule has 0 saturated carbocycles. The van der Waals surface area contributed by atoms with Crippen LogP contribution in [-0.2, 0) is 9.59 Å². The highest BCUT2D eigenvalue weighted by Gasteiger charge is 2.28. The summed E-state index contributed by atoms with van der Waals surface area (Å²) in [6.07, 6.45) is 1.10. The molecule has 0 spiro atoms. The van der Waals surface area contributed by atoms with E-state index in [1.807, 2.05) is 20.8 Å². The van der Waals surface area contributed by atoms with E-state index < -0.39 is 40.8 Å². The fourth-order valence-corrected chi connectivity index (χ4v) is 2.05. The maximum absolute atomic E-state index is 13.4. The van der Waals surface area contributed by atoms with Gasteiger partial charge < -0.3 is 10.1 Å². The van der Waals surface area contributed by atoms with Gasteiger partial charge >= 0.3 is 5.97 Å². The first-order valence-electron chi connectivity index (χ1n) is 7.97. The van der Waals surface area contributed by atoms with Crippen LogP contribution in [-0.4, -0.2) is 17.4 Å². The highest BCUT2D eigenvalue weighted by Crippen LogP contribution is 2.29. The number of carbonyl (C=O) groups excluding carboxylic acids is 2. The van der Waals surface area contributed by atoms with Crippen LogP contribution in [0, 0.1) is 29.1 Å². The first-order chi connectivity index (χ1) is 11.9. The number of benzene rings is 1. The summed E-state index contributed by atoms with van der Waals surface area (Å²) in [5, 5.41) is 2.76. The van der Waals surface area contributed by atoms with Gasteiger partial charge in [0.25, 0.3) is 0 Å². The minimum Gasteiger partial charge on any atom is -0.420 e. The van der Waals surface area contributed by atoms with Crippen molar-refractivity contribution in [2.75, 3.05) is 0 Å². The third kappa shape index (κ3) is 6.27. The number of ether oxygens (including phenoxy) is 1. The average Bonchev–Trinajstić information content (AvgIpc) is 2.53. The van der Waals surface area contributed by atoms with Crippen LogP contribution in [0.5, 0.6) is 5.75 Å². The zero-order valence-corrected chi connectivity index (χ0v) is 14.7. The maximum atomic E-state index is 13.4. The highest BCUT2D eigenvalue weighted by atomic mass is 19.2. The Hall–Kier alpha value is -2.19. The van der Waals surface area contributed by atoms with Gasteiger partial charge in [-0.2, -0.15) is 8.78 Å². The van der Waals surface area contributed by atoms with Crippen molar-refractivity contribution in [1.82, 2.24) is 5.32 Å². The molecule has 146 valence electrons. The standard InChI is InChI=1S/C17H20F5NO3/c1-17(2,3)23-9(24)7-5-4-6-8-10(25)26-16-14(21)12(19)11(18)13(20)15(16)22/h4-8H2,1-3H3,(H,23,24). The molecular weight excluding hydrogens is 361 g/mol. The van der Waals surface area contributed by atoms with E-state index in [0.717, 1.165) is 0 Å². The molecule has 0 atom stereocenters. The number of amides is 1. The van der Waals surface area contributed by atoms with E-state index in [2.05, 4.69) is 10.1 Å². The summed E-state index contributed by atoms with van der Waals surface area (Å²) in [4.78, 5) is 23.1. The van der Waals surface area contributed by atoms with Gasteiger partial charge in [0.15, 0.2) is 0 Å². The van der Waals surface area contributed by atoms with E-state index in [0.29, 0.717) is 12.8 Å². The van der Waals surface area contributed by atoms with Gasteiger partial charge in [-0.25, -0.2) is 13.2 Å². The number of hydrogen-bond acceptors (Lipinski definition) is 3. The molecular formula is C17H20F5NO3. The normalized spacial score (nSPS) is 11.4. The van der Waals surface area contributed by atoms with Crippen molar-refractivity contribution in [3.63, 3.8) is 0 Å². The molecule has 0 aliphatic carbocycles. The van der Waals surface area contributed by atoms with Crippen LogP contribution in [0.25, 0.3) is 0 Å². The lowest BCUT2D eigenvalue weighted by molar-refractivity contribution is -0.135. The van der Waals surface area contributed by atoms with Crippen molar-refractivity contribution in [2.45, 2.75) is 58.4 Å². The van der Waals surface area contributed by atoms with Crippen LogP contribution in [0.15, 0.2) is 0 Å². The number of nitrogens with one attached hydrogen (secondary N) is 1. The summed E-state index contributed by atoms with van der Waals surface area (Å²) < 4.78 is 70.0. The molecule has 1 aromatic carbocycles. The second kappa shape index (κ2) is 8.95. The molecule has 0 bridgehead atoms. The fourth-order valence-electron chi connectivity index (χ4n) is 2.05. The number of unbranched alkanes of at least 4 members (excludes halogenated alkanes) is 2. The summed E-state index contributed by atoms with van der Waals surface area (Å²) in [6.45, 7) is 5.50. The van der Waals surface area contributed by atoms with Crippen LogP contribution in [0.4, 0.5) is 22.0 Å². The zero-order valence-electron chi connectivity index (χ0n) is 14.7. The van der Waals surface area contributed by atoms with Crippen molar-refractivity contribution in [1.29, 1.82) is 0 Å². The van der Waals surface area contributed by atoms with Crippen LogP contribution in [0.3, 0.4) is 0 Å². The molecule has 0 heterocycles. The Labute approximate surface area is 147 Å². The van der Waals surface area contributed by atoms with Crippen LogP contribution in [0.1, 0.15) is 52.9 Å².